The summed E-state index contributed by atoms with van der Waals surface area (Å²) >= 11 is 0. The first kappa shape index (κ1) is 18.4. The fraction of sp³-hybridized carbons (Fsp3) is 0.261. The maximum atomic E-state index is 12.6. The Kier molecular flexibility index (Phi) is 4.50. The summed E-state index contributed by atoms with van der Waals surface area (Å²) in [6.45, 7) is 4.11. The Hall–Kier alpha value is -3.61. The number of amides is 1. The number of aryl methyl sites for hydroxylation is 2. The molecule has 7 heteroatoms. The van der Waals surface area contributed by atoms with Crippen molar-refractivity contribution in [3.63, 3.8) is 0 Å². The molecule has 1 amide bonds. The van der Waals surface area contributed by atoms with Crippen LogP contribution in [-0.4, -0.2) is 16.0 Å². The topological polar surface area (TPSA) is 90.4 Å². The molecule has 1 aliphatic carbocycles. The number of anilines is 1. The fourth-order valence-corrected chi connectivity index (χ4v) is 3.30. The van der Waals surface area contributed by atoms with Crippen LogP contribution in [0.3, 0.4) is 0 Å². The van der Waals surface area contributed by atoms with Gasteiger partial charge in [0.25, 0.3) is 5.91 Å². The Morgan fingerprint density at radius 1 is 1.17 bits per heavy atom. The van der Waals surface area contributed by atoms with Crippen LogP contribution in [0, 0.1) is 13.8 Å². The number of nitrogens with zero attached hydrogens (tertiary/aromatic N) is 2. The van der Waals surface area contributed by atoms with Gasteiger partial charge in [-0.05, 0) is 69.2 Å². The Balaban J connectivity index is 1.24. The van der Waals surface area contributed by atoms with E-state index in [4.69, 9.17) is 13.7 Å². The lowest BCUT2D eigenvalue weighted by Crippen LogP contribution is -2.11. The van der Waals surface area contributed by atoms with Crippen molar-refractivity contribution in [2.45, 2.75) is 39.2 Å². The summed E-state index contributed by atoms with van der Waals surface area (Å²) in [6, 6.07) is 12.5. The number of aromatic nitrogens is 2. The van der Waals surface area contributed by atoms with Crippen molar-refractivity contribution in [2.75, 3.05) is 5.32 Å². The van der Waals surface area contributed by atoms with Crippen LogP contribution in [0.2, 0.25) is 0 Å². The van der Waals surface area contributed by atoms with Crippen molar-refractivity contribution in [3.05, 3.63) is 70.9 Å². The lowest BCUT2D eigenvalue weighted by Gasteiger charge is -2.08. The third-order valence-electron chi connectivity index (χ3n) is 5.27. The highest BCUT2D eigenvalue weighted by atomic mass is 16.5. The number of carbonyl (C=O) groups excluding carboxylic acids is 1. The largest absolute Gasteiger partial charge is 0.489 e. The van der Waals surface area contributed by atoms with Crippen LogP contribution in [0.5, 0.6) is 5.75 Å². The van der Waals surface area contributed by atoms with Gasteiger partial charge in [-0.2, -0.15) is 0 Å². The van der Waals surface area contributed by atoms with Crippen molar-refractivity contribution < 1.29 is 18.5 Å². The molecule has 2 heterocycles. The van der Waals surface area contributed by atoms with Gasteiger partial charge in [-0.3, -0.25) is 4.79 Å². The van der Waals surface area contributed by atoms with Gasteiger partial charge >= 0.3 is 0 Å². The van der Waals surface area contributed by atoms with E-state index in [1.54, 1.807) is 24.3 Å². The first-order chi connectivity index (χ1) is 14.6. The first-order valence-corrected chi connectivity index (χ1v) is 9.93. The van der Waals surface area contributed by atoms with Crippen LogP contribution in [-0.2, 0) is 6.61 Å². The molecule has 4 aromatic rings. The zero-order valence-electron chi connectivity index (χ0n) is 16.8. The zero-order valence-corrected chi connectivity index (χ0v) is 16.8. The highest BCUT2D eigenvalue weighted by Crippen LogP contribution is 2.40. The summed E-state index contributed by atoms with van der Waals surface area (Å²) in [5.74, 6) is 2.46. The van der Waals surface area contributed by atoms with E-state index in [9.17, 15) is 4.79 Å². The summed E-state index contributed by atoms with van der Waals surface area (Å²) in [4.78, 5) is 17.1. The molecule has 7 nitrogen and oxygen atoms in total. The molecule has 5 rings (SSSR count). The van der Waals surface area contributed by atoms with Crippen molar-refractivity contribution in [2.24, 2.45) is 0 Å². The lowest BCUT2D eigenvalue weighted by atomic mass is 10.2. The number of hydrogen-bond acceptors (Lipinski definition) is 6. The summed E-state index contributed by atoms with van der Waals surface area (Å²) in [6.07, 6.45) is 2.27. The maximum Gasteiger partial charge on any atom is 0.255 e. The number of hydrogen-bond donors (Lipinski definition) is 1. The summed E-state index contributed by atoms with van der Waals surface area (Å²) in [7, 11) is 0. The van der Waals surface area contributed by atoms with E-state index in [1.165, 1.54) is 0 Å². The molecule has 1 N–H and O–H groups in total. The molecule has 0 spiro atoms. The number of fused-ring (bicyclic) bond motifs is 1. The van der Waals surface area contributed by atoms with Crippen molar-refractivity contribution in [1.29, 1.82) is 0 Å². The molecule has 1 aliphatic rings. The third kappa shape index (κ3) is 3.66. The molecule has 0 saturated heterocycles. The number of rotatable bonds is 6. The lowest BCUT2D eigenvalue weighted by molar-refractivity contribution is 0.102. The van der Waals surface area contributed by atoms with Gasteiger partial charge in [0, 0.05) is 17.2 Å². The maximum absolute atomic E-state index is 12.6. The van der Waals surface area contributed by atoms with Gasteiger partial charge in [0.1, 0.15) is 23.6 Å². The second kappa shape index (κ2) is 7.33. The average molecular weight is 403 g/mol. The van der Waals surface area contributed by atoms with E-state index in [0.717, 1.165) is 46.8 Å². The molecule has 0 radical (unpaired) electrons. The van der Waals surface area contributed by atoms with E-state index >= 15 is 0 Å². The number of oxazole rings is 1. The van der Waals surface area contributed by atoms with Gasteiger partial charge in [0.2, 0.25) is 0 Å². The number of benzene rings is 2. The van der Waals surface area contributed by atoms with Crippen LogP contribution >= 0.6 is 0 Å². The van der Waals surface area contributed by atoms with Gasteiger partial charge in [-0.25, -0.2) is 4.98 Å². The smallest absolute Gasteiger partial charge is 0.255 e. The van der Waals surface area contributed by atoms with Gasteiger partial charge in [-0.1, -0.05) is 5.16 Å². The van der Waals surface area contributed by atoms with E-state index in [2.05, 4.69) is 15.5 Å². The molecule has 0 atom stereocenters. The monoisotopic (exact) mass is 403 g/mol. The molecule has 2 aromatic carbocycles. The highest BCUT2D eigenvalue weighted by molar-refractivity contribution is 6.05. The third-order valence-corrected chi connectivity index (χ3v) is 5.27. The number of carbonyl (C=O) groups is 1. The Morgan fingerprint density at radius 3 is 2.67 bits per heavy atom. The van der Waals surface area contributed by atoms with Crippen LogP contribution in [0.25, 0.3) is 11.1 Å². The molecule has 1 saturated carbocycles. The number of nitrogens with one attached hydrogen (secondary N) is 1. The first-order valence-electron chi connectivity index (χ1n) is 9.93. The van der Waals surface area contributed by atoms with Gasteiger partial charge in [-0.15, -0.1) is 0 Å². The Bertz CT molecular complexity index is 1200. The van der Waals surface area contributed by atoms with Crippen LogP contribution in [0.1, 0.15) is 52.0 Å². The number of ether oxygens (including phenoxy) is 1. The Morgan fingerprint density at radius 2 is 1.97 bits per heavy atom. The van der Waals surface area contributed by atoms with Gasteiger partial charge in [0.15, 0.2) is 11.5 Å². The minimum atomic E-state index is -0.197. The second-order valence-corrected chi connectivity index (χ2v) is 7.58. The molecular weight excluding hydrogens is 382 g/mol. The van der Waals surface area contributed by atoms with Crippen LogP contribution < -0.4 is 10.1 Å². The highest BCUT2D eigenvalue weighted by Gasteiger charge is 2.28. The SMILES string of the molecule is Cc1noc(C)c1COc1ccc(C(=O)Nc2ccc3oc(C4CC4)nc3c2)cc1. The zero-order chi connectivity index (χ0) is 20.7. The minimum Gasteiger partial charge on any atom is -0.489 e. The van der Waals surface area contributed by atoms with E-state index in [-0.39, 0.29) is 5.91 Å². The summed E-state index contributed by atoms with van der Waals surface area (Å²) < 4.78 is 16.7. The summed E-state index contributed by atoms with van der Waals surface area (Å²) in [5, 5.41) is 6.83. The standard InChI is InChI=1S/C23H21N3O4/c1-13-19(14(2)30-26-13)12-28-18-8-5-15(6-9-18)22(27)24-17-7-10-21-20(11-17)25-23(29-21)16-3-4-16/h5-11,16H,3-4,12H2,1-2H3,(H,24,27). The molecule has 2 aromatic heterocycles. The molecule has 1 fully saturated rings. The molecule has 152 valence electrons. The molecule has 0 bridgehead atoms. The van der Waals surface area contributed by atoms with Gasteiger partial charge in [0.05, 0.1) is 11.3 Å². The minimum absolute atomic E-state index is 0.197. The predicted molar refractivity (Wildman–Crippen MR) is 111 cm³/mol. The Labute approximate surface area is 173 Å². The van der Waals surface area contributed by atoms with Crippen molar-refractivity contribution in [1.82, 2.24) is 10.1 Å². The van der Waals surface area contributed by atoms with E-state index < -0.39 is 0 Å². The second-order valence-electron chi connectivity index (χ2n) is 7.58. The summed E-state index contributed by atoms with van der Waals surface area (Å²) in [5.41, 5.74) is 4.48. The quantitative estimate of drug-likeness (QED) is 0.479. The molecule has 30 heavy (non-hydrogen) atoms. The average Bonchev–Trinajstić information content (AvgIpc) is 3.44. The van der Waals surface area contributed by atoms with Crippen molar-refractivity contribution >= 4 is 22.7 Å². The molecule has 0 unspecified atom stereocenters. The van der Waals surface area contributed by atoms with Crippen LogP contribution in [0.4, 0.5) is 5.69 Å². The van der Waals surface area contributed by atoms with Gasteiger partial charge < -0.3 is 19.0 Å². The van der Waals surface area contributed by atoms with E-state index in [0.29, 0.717) is 29.5 Å². The van der Waals surface area contributed by atoms with Crippen LogP contribution in [0.15, 0.2) is 51.4 Å². The molecule has 0 aliphatic heterocycles. The van der Waals surface area contributed by atoms with E-state index in [1.807, 2.05) is 32.0 Å². The fourth-order valence-electron chi connectivity index (χ4n) is 3.30. The predicted octanol–water partition coefficient (Wildman–Crippen LogP) is 5.14. The normalized spacial score (nSPS) is 13.5. The van der Waals surface area contributed by atoms with Crippen molar-refractivity contribution in [3.8, 4) is 5.75 Å². The molecular formula is C23H21N3O4.